The van der Waals surface area contributed by atoms with E-state index in [0.29, 0.717) is 5.56 Å². The summed E-state index contributed by atoms with van der Waals surface area (Å²) in [6.45, 7) is 0.993. The number of rotatable bonds is 2. The molecular formula is C14H16N4O. The Bertz CT molecular complexity index is 618. The zero-order chi connectivity index (χ0) is 13.2. The molecule has 0 atom stereocenters. The molecule has 3 rings (SSSR count). The molecule has 1 aromatic heterocycles. The smallest absolute Gasteiger partial charge is 0.258 e. The van der Waals surface area contributed by atoms with Crippen molar-refractivity contribution < 1.29 is 4.79 Å². The molecule has 2 aromatic rings. The van der Waals surface area contributed by atoms with Gasteiger partial charge in [0.25, 0.3) is 5.91 Å². The third-order valence-electron chi connectivity index (χ3n) is 3.27. The second kappa shape index (κ2) is 4.76. The number of anilines is 2. The maximum absolute atomic E-state index is 12.0. The number of hydrogen-bond acceptors (Lipinski definition) is 3. The second-order valence-electron chi connectivity index (χ2n) is 4.76. The van der Waals surface area contributed by atoms with Crippen molar-refractivity contribution in [1.82, 2.24) is 9.78 Å². The van der Waals surface area contributed by atoms with Crippen LogP contribution in [-0.2, 0) is 13.5 Å². The number of hydrogen-bond donors (Lipinski definition) is 2. The molecule has 0 aliphatic carbocycles. The molecule has 2 N–H and O–H groups in total. The third-order valence-corrected chi connectivity index (χ3v) is 3.27. The van der Waals surface area contributed by atoms with Crippen molar-refractivity contribution in [2.75, 3.05) is 17.2 Å². The van der Waals surface area contributed by atoms with E-state index in [-0.39, 0.29) is 5.91 Å². The van der Waals surface area contributed by atoms with Crippen molar-refractivity contribution in [1.29, 1.82) is 0 Å². The largest absolute Gasteiger partial charge is 0.385 e. The Morgan fingerprint density at radius 2 is 2.37 bits per heavy atom. The van der Waals surface area contributed by atoms with Crippen molar-refractivity contribution >= 4 is 17.3 Å². The molecule has 5 nitrogen and oxygen atoms in total. The molecular weight excluding hydrogens is 240 g/mol. The van der Waals surface area contributed by atoms with Crippen LogP contribution in [0.5, 0.6) is 0 Å². The van der Waals surface area contributed by atoms with E-state index in [9.17, 15) is 4.79 Å². The molecule has 0 unspecified atom stereocenters. The second-order valence-corrected chi connectivity index (χ2v) is 4.76. The normalized spacial score (nSPS) is 13.5. The predicted octanol–water partition coefficient (Wildman–Crippen LogP) is 2.03. The molecule has 0 saturated heterocycles. The molecule has 0 fully saturated rings. The summed E-state index contributed by atoms with van der Waals surface area (Å²) >= 11 is 0. The lowest BCUT2D eigenvalue weighted by Crippen LogP contribution is -2.14. The number of carbonyl (C=O) groups is 1. The van der Waals surface area contributed by atoms with Gasteiger partial charge in [-0.1, -0.05) is 6.07 Å². The van der Waals surface area contributed by atoms with Crippen LogP contribution >= 0.6 is 0 Å². The fourth-order valence-electron chi connectivity index (χ4n) is 2.28. The average Bonchev–Trinajstić information content (AvgIpc) is 2.85. The van der Waals surface area contributed by atoms with Crippen molar-refractivity contribution in [3.8, 4) is 0 Å². The summed E-state index contributed by atoms with van der Waals surface area (Å²) in [4.78, 5) is 12.0. The van der Waals surface area contributed by atoms with Gasteiger partial charge in [0.15, 0.2) is 0 Å². The summed E-state index contributed by atoms with van der Waals surface area (Å²) < 4.78 is 1.61. The van der Waals surface area contributed by atoms with E-state index < -0.39 is 0 Å². The van der Waals surface area contributed by atoms with Crippen LogP contribution in [0.3, 0.4) is 0 Å². The highest BCUT2D eigenvalue weighted by atomic mass is 16.1. The Hall–Kier alpha value is -2.30. The average molecular weight is 256 g/mol. The van der Waals surface area contributed by atoms with Gasteiger partial charge < -0.3 is 10.6 Å². The monoisotopic (exact) mass is 256 g/mol. The van der Waals surface area contributed by atoms with Crippen molar-refractivity contribution in [2.24, 2.45) is 7.05 Å². The molecule has 0 saturated carbocycles. The van der Waals surface area contributed by atoms with Gasteiger partial charge in [-0.05, 0) is 30.5 Å². The van der Waals surface area contributed by atoms with E-state index in [0.717, 1.165) is 30.8 Å². The Balaban J connectivity index is 1.78. The maximum atomic E-state index is 12.0. The van der Waals surface area contributed by atoms with E-state index >= 15 is 0 Å². The number of aromatic nitrogens is 2. The Morgan fingerprint density at radius 1 is 1.47 bits per heavy atom. The van der Waals surface area contributed by atoms with Crippen molar-refractivity contribution in [2.45, 2.75) is 12.8 Å². The number of carbonyl (C=O) groups excluding carboxylic acids is 1. The molecule has 1 aromatic carbocycles. The van der Waals surface area contributed by atoms with Crippen LogP contribution in [0.15, 0.2) is 30.6 Å². The van der Waals surface area contributed by atoms with Gasteiger partial charge in [-0.2, -0.15) is 5.10 Å². The minimum atomic E-state index is -0.135. The van der Waals surface area contributed by atoms with Gasteiger partial charge in [0.2, 0.25) is 0 Å². The summed E-state index contributed by atoms with van der Waals surface area (Å²) in [5.74, 6) is -0.135. The summed E-state index contributed by atoms with van der Waals surface area (Å²) in [5.41, 5.74) is 3.80. The predicted molar refractivity (Wildman–Crippen MR) is 74.4 cm³/mol. The Morgan fingerprint density at radius 3 is 3.16 bits per heavy atom. The highest BCUT2D eigenvalue weighted by molar-refractivity contribution is 6.04. The fraction of sp³-hybridized carbons (Fsp3) is 0.286. The maximum Gasteiger partial charge on any atom is 0.258 e. The van der Waals surface area contributed by atoms with Crippen LogP contribution in [0.4, 0.5) is 11.4 Å². The SMILES string of the molecule is Cn1cc(C(=O)Nc2ccc3c(c2)NCCC3)cn1. The van der Waals surface area contributed by atoms with Crippen LogP contribution in [0.2, 0.25) is 0 Å². The van der Waals surface area contributed by atoms with Gasteiger partial charge in [-0.25, -0.2) is 0 Å². The van der Waals surface area contributed by atoms with Gasteiger partial charge >= 0.3 is 0 Å². The number of nitrogens with one attached hydrogen (secondary N) is 2. The Kier molecular flexibility index (Phi) is 2.95. The first-order chi connectivity index (χ1) is 9.22. The van der Waals surface area contributed by atoms with E-state index in [2.05, 4.69) is 21.8 Å². The number of benzene rings is 1. The first-order valence-electron chi connectivity index (χ1n) is 6.39. The Labute approximate surface area is 111 Å². The summed E-state index contributed by atoms with van der Waals surface area (Å²) in [5, 5.41) is 10.2. The van der Waals surface area contributed by atoms with Gasteiger partial charge in [0, 0.05) is 31.2 Å². The third kappa shape index (κ3) is 2.45. The molecule has 5 heteroatoms. The first kappa shape index (κ1) is 11.8. The van der Waals surface area contributed by atoms with E-state index in [4.69, 9.17) is 0 Å². The van der Waals surface area contributed by atoms with Crippen LogP contribution in [0, 0.1) is 0 Å². The first-order valence-corrected chi connectivity index (χ1v) is 6.39. The molecule has 19 heavy (non-hydrogen) atoms. The number of nitrogens with zero attached hydrogens (tertiary/aromatic N) is 2. The molecule has 0 bridgehead atoms. The highest BCUT2D eigenvalue weighted by Gasteiger charge is 2.11. The zero-order valence-corrected chi connectivity index (χ0v) is 10.8. The molecule has 0 spiro atoms. The zero-order valence-electron chi connectivity index (χ0n) is 10.8. The summed E-state index contributed by atoms with van der Waals surface area (Å²) in [6.07, 6.45) is 5.52. The van der Waals surface area contributed by atoms with Gasteiger partial charge in [0.1, 0.15) is 0 Å². The molecule has 98 valence electrons. The fourth-order valence-corrected chi connectivity index (χ4v) is 2.28. The summed E-state index contributed by atoms with van der Waals surface area (Å²) in [6, 6.07) is 6.00. The molecule has 2 heterocycles. The topological polar surface area (TPSA) is 59.0 Å². The van der Waals surface area contributed by atoms with E-state index in [1.165, 1.54) is 5.56 Å². The minimum Gasteiger partial charge on any atom is -0.385 e. The molecule has 0 radical (unpaired) electrons. The minimum absolute atomic E-state index is 0.135. The molecule has 1 aliphatic rings. The van der Waals surface area contributed by atoms with Gasteiger partial charge in [0.05, 0.1) is 11.8 Å². The number of amides is 1. The van der Waals surface area contributed by atoms with Crippen LogP contribution < -0.4 is 10.6 Å². The van der Waals surface area contributed by atoms with Gasteiger partial charge in [-0.15, -0.1) is 0 Å². The van der Waals surface area contributed by atoms with Crippen molar-refractivity contribution in [3.05, 3.63) is 41.7 Å². The number of aryl methyl sites for hydroxylation is 2. The lowest BCUT2D eigenvalue weighted by Gasteiger charge is -2.18. The number of fused-ring (bicyclic) bond motifs is 1. The lowest BCUT2D eigenvalue weighted by molar-refractivity contribution is 0.102. The van der Waals surface area contributed by atoms with Crippen LogP contribution in [-0.4, -0.2) is 22.2 Å². The van der Waals surface area contributed by atoms with Crippen LogP contribution in [0.1, 0.15) is 22.3 Å². The lowest BCUT2D eigenvalue weighted by atomic mass is 10.0. The molecule has 1 amide bonds. The van der Waals surface area contributed by atoms with E-state index in [1.54, 1.807) is 24.1 Å². The highest BCUT2D eigenvalue weighted by Crippen LogP contribution is 2.25. The van der Waals surface area contributed by atoms with Crippen molar-refractivity contribution in [3.63, 3.8) is 0 Å². The standard InChI is InChI=1S/C14H16N4O/c1-18-9-11(8-16-18)14(19)17-12-5-4-10-3-2-6-15-13(10)7-12/h4-5,7-9,15H,2-3,6H2,1H3,(H,17,19). The van der Waals surface area contributed by atoms with Crippen LogP contribution in [0.25, 0.3) is 0 Å². The summed E-state index contributed by atoms with van der Waals surface area (Å²) in [7, 11) is 1.79. The van der Waals surface area contributed by atoms with E-state index in [1.807, 2.05) is 12.1 Å². The van der Waals surface area contributed by atoms with Gasteiger partial charge in [-0.3, -0.25) is 9.48 Å². The molecule has 1 aliphatic heterocycles. The quantitative estimate of drug-likeness (QED) is 0.864.